The van der Waals surface area contributed by atoms with Crippen LogP contribution in [0, 0.1) is 5.92 Å². The summed E-state index contributed by atoms with van der Waals surface area (Å²) in [5.74, 6) is 0.369. The number of carbonyl (C=O) groups is 2. The Hall–Kier alpha value is -1.36. The number of benzene rings is 1. The van der Waals surface area contributed by atoms with Gasteiger partial charge in [0, 0.05) is 24.0 Å². The highest BCUT2D eigenvalue weighted by Gasteiger charge is 2.33. The molecule has 1 unspecified atom stereocenters. The van der Waals surface area contributed by atoms with Crippen molar-refractivity contribution in [1.82, 2.24) is 10.2 Å². The largest absolute Gasteiger partial charge is 0.350 e. The Morgan fingerprint density at radius 1 is 1.32 bits per heavy atom. The second-order valence-corrected chi connectivity index (χ2v) is 7.10. The maximum Gasteiger partial charge on any atom is 0.243 e. The molecule has 2 rings (SSSR count). The Kier molecular flexibility index (Phi) is 6.00. The third-order valence-corrected chi connectivity index (χ3v) is 4.37. The lowest BCUT2D eigenvalue weighted by Crippen LogP contribution is -2.46. The number of halogens is 1. The van der Waals surface area contributed by atoms with Gasteiger partial charge < -0.3 is 10.2 Å². The fourth-order valence-corrected chi connectivity index (χ4v) is 2.98. The molecule has 0 spiro atoms. The van der Waals surface area contributed by atoms with Crippen molar-refractivity contribution in [2.45, 2.75) is 45.7 Å². The minimum atomic E-state index is -0.304. The highest BCUT2D eigenvalue weighted by Crippen LogP contribution is 2.20. The SMILES string of the molecule is CC(C)CC(=O)N1CCCC1C(=O)NCc1ccc(Br)cc1. The van der Waals surface area contributed by atoms with Gasteiger partial charge in [0.25, 0.3) is 0 Å². The molecule has 1 aliphatic heterocycles. The summed E-state index contributed by atoms with van der Waals surface area (Å²) >= 11 is 3.39. The fourth-order valence-electron chi connectivity index (χ4n) is 2.71. The van der Waals surface area contributed by atoms with Crippen LogP contribution >= 0.6 is 15.9 Å². The van der Waals surface area contributed by atoms with Gasteiger partial charge in [-0.05, 0) is 36.5 Å². The van der Waals surface area contributed by atoms with E-state index in [1.807, 2.05) is 38.1 Å². The van der Waals surface area contributed by atoms with E-state index in [0.717, 1.165) is 22.9 Å². The predicted molar refractivity (Wildman–Crippen MR) is 90.2 cm³/mol. The van der Waals surface area contributed by atoms with Crippen LogP contribution in [0.15, 0.2) is 28.7 Å². The molecule has 1 N–H and O–H groups in total. The molecule has 0 aromatic heterocycles. The minimum Gasteiger partial charge on any atom is -0.350 e. The normalized spacial score (nSPS) is 17.8. The first-order chi connectivity index (χ1) is 10.5. The van der Waals surface area contributed by atoms with Crippen molar-refractivity contribution in [3.05, 3.63) is 34.3 Å². The van der Waals surface area contributed by atoms with Crippen LogP contribution in [0.5, 0.6) is 0 Å². The second-order valence-electron chi connectivity index (χ2n) is 6.19. The molecule has 0 bridgehead atoms. The smallest absolute Gasteiger partial charge is 0.243 e. The number of hydrogen-bond donors (Lipinski definition) is 1. The standard InChI is InChI=1S/C17H23BrN2O2/c1-12(2)10-16(21)20-9-3-4-15(20)17(22)19-11-13-5-7-14(18)8-6-13/h5-8,12,15H,3-4,9-11H2,1-2H3,(H,19,22). The fraction of sp³-hybridized carbons (Fsp3) is 0.529. The van der Waals surface area contributed by atoms with Crippen molar-refractivity contribution in [3.8, 4) is 0 Å². The second kappa shape index (κ2) is 7.77. The monoisotopic (exact) mass is 366 g/mol. The third kappa shape index (κ3) is 4.57. The summed E-state index contributed by atoms with van der Waals surface area (Å²) in [6.07, 6.45) is 2.17. The Labute approximate surface area is 140 Å². The van der Waals surface area contributed by atoms with Crippen molar-refractivity contribution >= 4 is 27.7 Å². The van der Waals surface area contributed by atoms with Crippen molar-refractivity contribution in [1.29, 1.82) is 0 Å². The van der Waals surface area contributed by atoms with Crippen molar-refractivity contribution in [2.24, 2.45) is 5.92 Å². The number of nitrogens with one attached hydrogen (secondary N) is 1. The van der Waals surface area contributed by atoms with E-state index in [-0.39, 0.29) is 17.9 Å². The molecule has 0 aliphatic carbocycles. The lowest BCUT2D eigenvalue weighted by Gasteiger charge is -2.24. The van der Waals surface area contributed by atoms with Gasteiger partial charge in [0.05, 0.1) is 0 Å². The van der Waals surface area contributed by atoms with E-state index in [1.165, 1.54) is 0 Å². The molecule has 0 saturated carbocycles. The van der Waals surface area contributed by atoms with Crippen molar-refractivity contribution in [3.63, 3.8) is 0 Å². The Morgan fingerprint density at radius 2 is 2.00 bits per heavy atom. The van der Waals surface area contributed by atoms with Gasteiger partial charge in [0.2, 0.25) is 11.8 Å². The van der Waals surface area contributed by atoms with E-state index >= 15 is 0 Å². The van der Waals surface area contributed by atoms with Gasteiger partial charge in [0.15, 0.2) is 0 Å². The number of carbonyl (C=O) groups excluding carboxylic acids is 2. The maximum absolute atomic E-state index is 12.4. The highest BCUT2D eigenvalue weighted by atomic mass is 79.9. The molecule has 2 amide bonds. The summed E-state index contributed by atoms with van der Waals surface area (Å²) in [6.45, 7) is 5.24. The highest BCUT2D eigenvalue weighted by molar-refractivity contribution is 9.10. The summed E-state index contributed by atoms with van der Waals surface area (Å²) < 4.78 is 1.02. The first kappa shape index (κ1) is 17.0. The van der Waals surface area contributed by atoms with Crippen LogP contribution in [-0.4, -0.2) is 29.3 Å². The molecule has 120 valence electrons. The molecule has 1 heterocycles. The topological polar surface area (TPSA) is 49.4 Å². The van der Waals surface area contributed by atoms with Crippen molar-refractivity contribution in [2.75, 3.05) is 6.54 Å². The van der Waals surface area contributed by atoms with Gasteiger partial charge in [-0.15, -0.1) is 0 Å². The summed E-state index contributed by atoms with van der Waals surface area (Å²) in [7, 11) is 0. The van der Waals surface area contributed by atoms with Crippen LogP contribution in [0.25, 0.3) is 0 Å². The van der Waals surface area contributed by atoms with Crippen LogP contribution in [-0.2, 0) is 16.1 Å². The van der Waals surface area contributed by atoms with E-state index in [1.54, 1.807) is 4.90 Å². The van der Waals surface area contributed by atoms with E-state index in [0.29, 0.717) is 25.4 Å². The molecule has 5 heteroatoms. The Balaban J connectivity index is 1.90. The van der Waals surface area contributed by atoms with Crippen LogP contribution in [0.1, 0.15) is 38.7 Å². The molecule has 1 saturated heterocycles. The van der Waals surface area contributed by atoms with Gasteiger partial charge in [-0.2, -0.15) is 0 Å². The molecule has 0 radical (unpaired) electrons. The average Bonchev–Trinajstić information content (AvgIpc) is 2.95. The van der Waals surface area contributed by atoms with Crippen LogP contribution in [0.4, 0.5) is 0 Å². The summed E-state index contributed by atoms with van der Waals surface area (Å²) in [5.41, 5.74) is 1.05. The van der Waals surface area contributed by atoms with Gasteiger partial charge in [-0.25, -0.2) is 0 Å². The molecule has 4 nitrogen and oxygen atoms in total. The van der Waals surface area contributed by atoms with Gasteiger partial charge in [-0.3, -0.25) is 9.59 Å². The average molecular weight is 367 g/mol. The first-order valence-corrected chi connectivity index (χ1v) is 8.58. The van der Waals surface area contributed by atoms with Crippen LogP contribution in [0.2, 0.25) is 0 Å². The Morgan fingerprint density at radius 3 is 2.64 bits per heavy atom. The minimum absolute atomic E-state index is 0.0440. The lowest BCUT2D eigenvalue weighted by molar-refractivity contribution is -0.139. The summed E-state index contributed by atoms with van der Waals surface area (Å²) in [4.78, 5) is 26.3. The molecule has 22 heavy (non-hydrogen) atoms. The zero-order valence-corrected chi connectivity index (χ0v) is 14.7. The van der Waals surface area contributed by atoms with Crippen LogP contribution < -0.4 is 5.32 Å². The molecule has 1 aromatic rings. The van der Waals surface area contributed by atoms with E-state index < -0.39 is 0 Å². The molecule has 1 aliphatic rings. The van der Waals surface area contributed by atoms with Gasteiger partial charge >= 0.3 is 0 Å². The van der Waals surface area contributed by atoms with Gasteiger partial charge in [-0.1, -0.05) is 41.9 Å². The Bertz CT molecular complexity index is 528. The number of amides is 2. The predicted octanol–water partition coefficient (Wildman–Crippen LogP) is 3.10. The number of rotatable bonds is 5. The molecular weight excluding hydrogens is 344 g/mol. The molecule has 1 fully saturated rings. The van der Waals surface area contributed by atoms with Gasteiger partial charge in [0.1, 0.15) is 6.04 Å². The molecular formula is C17H23BrN2O2. The lowest BCUT2D eigenvalue weighted by atomic mass is 10.1. The van der Waals surface area contributed by atoms with Crippen LogP contribution in [0.3, 0.4) is 0 Å². The van der Waals surface area contributed by atoms with E-state index in [4.69, 9.17) is 0 Å². The van der Waals surface area contributed by atoms with Crippen molar-refractivity contribution < 1.29 is 9.59 Å². The summed E-state index contributed by atoms with van der Waals surface area (Å²) in [5, 5.41) is 2.95. The zero-order chi connectivity index (χ0) is 16.1. The number of nitrogens with zero attached hydrogens (tertiary/aromatic N) is 1. The first-order valence-electron chi connectivity index (χ1n) is 7.79. The molecule has 1 aromatic carbocycles. The zero-order valence-electron chi connectivity index (χ0n) is 13.1. The molecule has 1 atom stereocenters. The summed E-state index contributed by atoms with van der Waals surface area (Å²) in [6, 6.07) is 7.55. The third-order valence-electron chi connectivity index (χ3n) is 3.84. The van der Waals surface area contributed by atoms with E-state index in [2.05, 4.69) is 21.2 Å². The van der Waals surface area contributed by atoms with E-state index in [9.17, 15) is 9.59 Å². The maximum atomic E-state index is 12.4. The quantitative estimate of drug-likeness (QED) is 0.870. The number of likely N-dealkylation sites (tertiary alicyclic amines) is 1. The number of hydrogen-bond acceptors (Lipinski definition) is 2.